The molecule has 0 aromatic rings. The Morgan fingerprint density at radius 3 is 3.08 bits per heavy atom. The van der Waals surface area contributed by atoms with Gasteiger partial charge < -0.3 is 11.1 Å². The van der Waals surface area contributed by atoms with Crippen molar-refractivity contribution in [1.82, 2.24) is 5.32 Å². The quantitative estimate of drug-likeness (QED) is 0.592. The van der Waals surface area contributed by atoms with Crippen molar-refractivity contribution in [3.8, 4) is 0 Å². The summed E-state index contributed by atoms with van der Waals surface area (Å²) in [7, 11) is 0. The maximum atomic E-state index is 11.4. The largest absolute Gasteiger partial charge is 0.354 e. The Morgan fingerprint density at radius 2 is 2.42 bits per heavy atom. The van der Waals surface area contributed by atoms with Crippen LogP contribution in [0.3, 0.4) is 0 Å². The number of rotatable bonds is 2. The van der Waals surface area contributed by atoms with E-state index >= 15 is 0 Å². The maximum absolute atomic E-state index is 11.4. The summed E-state index contributed by atoms with van der Waals surface area (Å²) in [6.45, 7) is 4.36. The van der Waals surface area contributed by atoms with E-state index in [0.29, 0.717) is 6.42 Å². The Hall–Kier alpha value is -0.830. The van der Waals surface area contributed by atoms with Crippen LogP contribution in [0.2, 0.25) is 0 Å². The van der Waals surface area contributed by atoms with Gasteiger partial charge in [0.05, 0.1) is 5.54 Å². The Labute approximate surface area is 73.0 Å². The third kappa shape index (κ3) is 1.85. The van der Waals surface area contributed by atoms with E-state index in [9.17, 15) is 4.79 Å². The van der Waals surface area contributed by atoms with Gasteiger partial charge >= 0.3 is 0 Å². The molecule has 12 heavy (non-hydrogen) atoms. The number of hydrogen-bond donors (Lipinski definition) is 2. The first-order valence-electron chi connectivity index (χ1n) is 4.37. The number of carbonyl (C=O) groups is 1. The Kier molecular flexibility index (Phi) is 2.87. The molecule has 1 unspecified atom stereocenters. The molecule has 0 aliphatic carbocycles. The van der Waals surface area contributed by atoms with Crippen LogP contribution in [0.4, 0.5) is 0 Å². The summed E-state index contributed by atoms with van der Waals surface area (Å²) in [5, 5.41) is 2.81. The lowest BCUT2D eigenvalue weighted by Crippen LogP contribution is -2.52. The second kappa shape index (κ2) is 3.72. The minimum Gasteiger partial charge on any atom is -0.354 e. The molecule has 0 spiro atoms. The van der Waals surface area contributed by atoms with E-state index in [1.54, 1.807) is 6.08 Å². The van der Waals surface area contributed by atoms with Gasteiger partial charge in [-0.15, -0.1) is 6.58 Å². The van der Waals surface area contributed by atoms with E-state index in [-0.39, 0.29) is 5.91 Å². The predicted octanol–water partition coefficient (Wildman–Crippen LogP) is 0.560. The summed E-state index contributed by atoms with van der Waals surface area (Å²) in [5.41, 5.74) is 5.23. The van der Waals surface area contributed by atoms with Crippen LogP contribution in [0.5, 0.6) is 0 Å². The number of amides is 1. The van der Waals surface area contributed by atoms with Crippen LogP contribution >= 0.6 is 0 Å². The highest BCUT2D eigenvalue weighted by Crippen LogP contribution is 2.18. The van der Waals surface area contributed by atoms with Gasteiger partial charge in [0.2, 0.25) is 5.91 Å². The summed E-state index contributed by atoms with van der Waals surface area (Å²) < 4.78 is 0. The number of carbonyl (C=O) groups excluding carboxylic acids is 1. The van der Waals surface area contributed by atoms with Crippen LogP contribution in [-0.2, 0) is 4.79 Å². The zero-order valence-corrected chi connectivity index (χ0v) is 7.31. The van der Waals surface area contributed by atoms with Gasteiger partial charge in [-0.25, -0.2) is 0 Å². The maximum Gasteiger partial charge on any atom is 0.240 e. The van der Waals surface area contributed by atoms with Crippen LogP contribution in [0.15, 0.2) is 12.7 Å². The molecule has 1 rings (SSSR count). The van der Waals surface area contributed by atoms with E-state index in [1.165, 1.54) is 0 Å². The van der Waals surface area contributed by atoms with Crippen molar-refractivity contribution >= 4 is 5.91 Å². The minimum absolute atomic E-state index is 0.0279. The second-order valence-electron chi connectivity index (χ2n) is 3.36. The van der Waals surface area contributed by atoms with E-state index in [4.69, 9.17) is 5.73 Å². The van der Waals surface area contributed by atoms with Gasteiger partial charge in [-0.3, -0.25) is 4.79 Å². The normalized spacial score (nSPS) is 30.6. The molecule has 68 valence electrons. The minimum atomic E-state index is -0.696. The molecule has 3 nitrogen and oxygen atoms in total. The highest BCUT2D eigenvalue weighted by molar-refractivity contribution is 5.86. The third-order valence-electron chi connectivity index (χ3n) is 2.30. The first kappa shape index (κ1) is 9.26. The van der Waals surface area contributed by atoms with Gasteiger partial charge in [0.25, 0.3) is 0 Å². The van der Waals surface area contributed by atoms with Gasteiger partial charge in [-0.1, -0.05) is 6.08 Å². The Morgan fingerprint density at radius 1 is 1.67 bits per heavy atom. The molecule has 0 radical (unpaired) electrons. The third-order valence-corrected chi connectivity index (χ3v) is 2.30. The molecule has 3 heteroatoms. The van der Waals surface area contributed by atoms with Gasteiger partial charge in [0.15, 0.2) is 0 Å². The fourth-order valence-electron chi connectivity index (χ4n) is 1.51. The topological polar surface area (TPSA) is 55.1 Å². The summed E-state index contributed by atoms with van der Waals surface area (Å²) in [4.78, 5) is 11.4. The van der Waals surface area contributed by atoms with Crippen molar-refractivity contribution in [3.63, 3.8) is 0 Å². The molecule has 0 bridgehead atoms. The Bertz CT molecular complexity index is 191. The van der Waals surface area contributed by atoms with Gasteiger partial charge in [-0.05, 0) is 25.7 Å². The van der Waals surface area contributed by atoms with Gasteiger partial charge in [0.1, 0.15) is 0 Å². The molecule has 0 aromatic heterocycles. The summed E-state index contributed by atoms with van der Waals surface area (Å²) in [6, 6.07) is 0. The van der Waals surface area contributed by atoms with Crippen LogP contribution in [0.1, 0.15) is 25.7 Å². The highest BCUT2D eigenvalue weighted by Gasteiger charge is 2.33. The predicted molar refractivity (Wildman–Crippen MR) is 48.6 cm³/mol. The average Bonchev–Trinajstić information content (AvgIpc) is 2.17. The van der Waals surface area contributed by atoms with Crippen LogP contribution < -0.4 is 11.1 Å². The van der Waals surface area contributed by atoms with E-state index in [1.807, 2.05) is 0 Å². The Balaban J connectivity index is 2.68. The molecule has 1 atom stereocenters. The summed E-state index contributed by atoms with van der Waals surface area (Å²) in [6.07, 6.45) is 5.10. The molecule has 1 heterocycles. The first-order chi connectivity index (χ1) is 5.69. The van der Waals surface area contributed by atoms with Crippen molar-refractivity contribution in [3.05, 3.63) is 12.7 Å². The van der Waals surface area contributed by atoms with E-state index < -0.39 is 5.54 Å². The number of nitrogens with two attached hydrogens (primary N) is 1. The zero-order chi connectivity index (χ0) is 9.03. The van der Waals surface area contributed by atoms with Crippen molar-refractivity contribution in [2.45, 2.75) is 31.2 Å². The first-order valence-corrected chi connectivity index (χ1v) is 4.37. The summed E-state index contributed by atoms with van der Waals surface area (Å²) >= 11 is 0. The van der Waals surface area contributed by atoms with Crippen molar-refractivity contribution in [1.29, 1.82) is 0 Å². The van der Waals surface area contributed by atoms with Crippen molar-refractivity contribution in [2.24, 2.45) is 5.73 Å². The van der Waals surface area contributed by atoms with Gasteiger partial charge in [-0.2, -0.15) is 0 Å². The molecule has 1 saturated heterocycles. The van der Waals surface area contributed by atoms with E-state index in [0.717, 1.165) is 25.8 Å². The highest BCUT2D eigenvalue weighted by atomic mass is 16.2. The molecular weight excluding hydrogens is 152 g/mol. The fourth-order valence-corrected chi connectivity index (χ4v) is 1.51. The molecule has 1 amide bonds. The SMILES string of the molecule is C=CCC1(N)CCCCNC1=O. The number of hydrogen-bond acceptors (Lipinski definition) is 2. The van der Waals surface area contributed by atoms with Gasteiger partial charge in [0, 0.05) is 6.54 Å². The van der Waals surface area contributed by atoms with Crippen molar-refractivity contribution < 1.29 is 4.79 Å². The van der Waals surface area contributed by atoms with Crippen molar-refractivity contribution in [2.75, 3.05) is 6.54 Å². The molecule has 0 saturated carbocycles. The zero-order valence-electron chi connectivity index (χ0n) is 7.31. The molecule has 1 aliphatic heterocycles. The van der Waals surface area contributed by atoms with Crippen LogP contribution in [-0.4, -0.2) is 18.0 Å². The van der Waals surface area contributed by atoms with Crippen LogP contribution in [0, 0.1) is 0 Å². The monoisotopic (exact) mass is 168 g/mol. The van der Waals surface area contributed by atoms with E-state index in [2.05, 4.69) is 11.9 Å². The fraction of sp³-hybridized carbons (Fsp3) is 0.667. The smallest absolute Gasteiger partial charge is 0.240 e. The lowest BCUT2D eigenvalue weighted by Gasteiger charge is -2.24. The second-order valence-corrected chi connectivity index (χ2v) is 3.36. The molecule has 1 aliphatic rings. The molecule has 3 N–H and O–H groups in total. The number of nitrogens with one attached hydrogen (secondary N) is 1. The molecule has 0 aromatic carbocycles. The average molecular weight is 168 g/mol. The lowest BCUT2D eigenvalue weighted by molar-refractivity contribution is -0.125. The molecular formula is C9H16N2O. The van der Waals surface area contributed by atoms with Crippen LogP contribution in [0.25, 0.3) is 0 Å². The molecule has 1 fully saturated rings. The standard InChI is InChI=1S/C9H16N2O/c1-2-5-9(10)6-3-4-7-11-8(9)12/h2H,1,3-7,10H2,(H,11,12). The lowest BCUT2D eigenvalue weighted by atomic mass is 9.90. The summed E-state index contributed by atoms with van der Waals surface area (Å²) in [5.74, 6) is -0.0279.